The van der Waals surface area contributed by atoms with E-state index < -0.39 is 4.92 Å². The molecule has 0 aliphatic carbocycles. The summed E-state index contributed by atoms with van der Waals surface area (Å²) in [6.45, 7) is 3.16. The minimum absolute atomic E-state index is 0.0495. The van der Waals surface area contributed by atoms with Crippen LogP contribution >= 0.6 is 0 Å². The number of aromatic nitrogens is 1. The molecule has 1 fully saturated rings. The third kappa shape index (κ3) is 2.13. The van der Waals surface area contributed by atoms with Crippen LogP contribution in [0.1, 0.15) is 26.2 Å². The molecule has 1 aliphatic rings. The van der Waals surface area contributed by atoms with E-state index in [4.69, 9.17) is 0 Å². The Bertz CT molecular complexity index is 377. The lowest BCUT2D eigenvalue weighted by molar-refractivity contribution is -0.385. The molecular weight excluding hydrogens is 206 g/mol. The lowest BCUT2D eigenvalue weighted by Gasteiger charge is -2.34. The van der Waals surface area contributed by atoms with E-state index in [1.807, 2.05) is 0 Å². The monoisotopic (exact) mass is 221 g/mol. The van der Waals surface area contributed by atoms with Crippen molar-refractivity contribution in [1.82, 2.24) is 4.98 Å². The Morgan fingerprint density at radius 2 is 2.31 bits per heavy atom. The topological polar surface area (TPSA) is 59.3 Å². The van der Waals surface area contributed by atoms with Gasteiger partial charge in [-0.3, -0.25) is 10.1 Å². The van der Waals surface area contributed by atoms with Crippen LogP contribution in [0.15, 0.2) is 18.3 Å². The van der Waals surface area contributed by atoms with Gasteiger partial charge in [0.1, 0.15) is 12.0 Å². The smallest absolute Gasteiger partial charge is 0.287 e. The van der Waals surface area contributed by atoms with E-state index in [-0.39, 0.29) is 5.69 Å². The number of anilines is 1. The number of hydrogen-bond acceptors (Lipinski definition) is 4. The molecule has 16 heavy (non-hydrogen) atoms. The molecule has 0 spiro atoms. The van der Waals surface area contributed by atoms with Gasteiger partial charge in [0.2, 0.25) is 0 Å². The zero-order chi connectivity index (χ0) is 11.5. The van der Waals surface area contributed by atoms with Crippen LogP contribution in [0, 0.1) is 10.1 Å². The zero-order valence-electron chi connectivity index (χ0n) is 9.30. The summed E-state index contributed by atoms with van der Waals surface area (Å²) in [5.74, 6) is 0.845. The van der Waals surface area contributed by atoms with E-state index in [9.17, 15) is 10.1 Å². The van der Waals surface area contributed by atoms with Crippen molar-refractivity contribution in [3.8, 4) is 0 Å². The molecule has 1 aromatic heterocycles. The molecule has 1 unspecified atom stereocenters. The second kappa shape index (κ2) is 4.47. The van der Waals surface area contributed by atoms with Gasteiger partial charge in [0.05, 0.1) is 4.92 Å². The molecule has 0 aromatic carbocycles. The molecule has 5 heteroatoms. The molecule has 1 aromatic rings. The third-order valence-corrected chi connectivity index (χ3v) is 3.04. The van der Waals surface area contributed by atoms with Gasteiger partial charge in [-0.1, -0.05) is 0 Å². The number of pyridine rings is 1. The second-order valence-corrected chi connectivity index (χ2v) is 4.17. The highest BCUT2D eigenvalue weighted by Gasteiger charge is 2.19. The van der Waals surface area contributed by atoms with Gasteiger partial charge < -0.3 is 4.90 Å². The average Bonchev–Trinajstić information content (AvgIpc) is 2.30. The van der Waals surface area contributed by atoms with Gasteiger partial charge >= 0.3 is 0 Å². The predicted octanol–water partition coefficient (Wildman–Crippen LogP) is 2.37. The molecule has 1 atom stereocenters. The Morgan fingerprint density at radius 1 is 1.50 bits per heavy atom. The van der Waals surface area contributed by atoms with Crippen LogP contribution in [0.3, 0.4) is 0 Å². The van der Waals surface area contributed by atoms with Crippen molar-refractivity contribution in [3.05, 3.63) is 28.4 Å². The Labute approximate surface area is 94.2 Å². The van der Waals surface area contributed by atoms with Gasteiger partial charge in [-0.25, -0.2) is 4.98 Å². The molecule has 0 radical (unpaired) electrons. The van der Waals surface area contributed by atoms with Gasteiger partial charge in [0.25, 0.3) is 5.69 Å². The van der Waals surface area contributed by atoms with E-state index in [0.717, 1.165) is 12.4 Å². The van der Waals surface area contributed by atoms with Crippen LogP contribution in [0.4, 0.5) is 11.5 Å². The molecule has 0 bridgehead atoms. The largest absolute Gasteiger partial charge is 0.354 e. The van der Waals surface area contributed by atoms with Crippen molar-refractivity contribution in [2.75, 3.05) is 11.4 Å². The maximum atomic E-state index is 10.5. The maximum absolute atomic E-state index is 10.5. The first kappa shape index (κ1) is 10.9. The summed E-state index contributed by atoms with van der Waals surface area (Å²) < 4.78 is 0. The van der Waals surface area contributed by atoms with Gasteiger partial charge in [0, 0.05) is 18.7 Å². The summed E-state index contributed by atoms with van der Waals surface area (Å²) in [5.41, 5.74) is 0.0495. The Kier molecular flexibility index (Phi) is 3.03. The highest BCUT2D eigenvalue weighted by molar-refractivity contribution is 5.44. The van der Waals surface area contributed by atoms with Crippen LogP contribution in [-0.2, 0) is 0 Å². The quantitative estimate of drug-likeness (QED) is 0.568. The number of nitrogens with zero attached hydrogens (tertiary/aromatic N) is 3. The summed E-state index contributed by atoms with van der Waals surface area (Å²) in [7, 11) is 0. The highest BCUT2D eigenvalue weighted by Crippen LogP contribution is 2.23. The van der Waals surface area contributed by atoms with E-state index in [0.29, 0.717) is 6.04 Å². The minimum atomic E-state index is -0.420. The first-order valence-corrected chi connectivity index (χ1v) is 5.55. The first-order valence-electron chi connectivity index (χ1n) is 5.55. The minimum Gasteiger partial charge on any atom is -0.354 e. The van der Waals surface area contributed by atoms with Crippen molar-refractivity contribution >= 4 is 11.5 Å². The second-order valence-electron chi connectivity index (χ2n) is 4.17. The normalized spacial score (nSPS) is 20.8. The van der Waals surface area contributed by atoms with Crippen molar-refractivity contribution in [3.63, 3.8) is 0 Å². The number of nitro groups is 1. The van der Waals surface area contributed by atoms with Crippen molar-refractivity contribution in [2.45, 2.75) is 32.2 Å². The number of rotatable bonds is 2. The lowest BCUT2D eigenvalue weighted by Crippen LogP contribution is -2.37. The van der Waals surface area contributed by atoms with Crippen molar-refractivity contribution in [2.24, 2.45) is 0 Å². The van der Waals surface area contributed by atoms with E-state index in [2.05, 4.69) is 16.8 Å². The number of piperidine rings is 1. The van der Waals surface area contributed by atoms with Crippen LogP contribution < -0.4 is 4.90 Å². The third-order valence-electron chi connectivity index (χ3n) is 3.04. The summed E-state index contributed by atoms with van der Waals surface area (Å²) in [6, 6.07) is 3.73. The molecule has 0 saturated carbocycles. The fraction of sp³-hybridized carbons (Fsp3) is 0.545. The van der Waals surface area contributed by atoms with Crippen LogP contribution in [0.2, 0.25) is 0 Å². The molecule has 0 N–H and O–H groups in total. The van der Waals surface area contributed by atoms with Crippen LogP contribution in [0.25, 0.3) is 0 Å². The Balaban J connectivity index is 2.17. The van der Waals surface area contributed by atoms with Gasteiger partial charge in [-0.05, 0) is 32.3 Å². The first-order chi connectivity index (χ1) is 7.68. The molecule has 2 rings (SSSR count). The van der Waals surface area contributed by atoms with Gasteiger partial charge in [-0.2, -0.15) is 0 Å². The molecule has 0 amide bonds. The number of hydrogen-bond donors (Lipinski definition) is 0. The molecule has 5 nitrogen and oxygen atoms in total. The Hall–Kier alpha value is -1.65. The van der Waals surface area contributed by atoms with Crippen LogP contribution in [-0.4, -0.2) is 22.5 Å². The highest BCUT2D eigenvalue weighted by atomic mass is 16.6. The molecule has 1 saturated heterocycles. The zero-order valence-corrected chi connectivity index (χ0v) is 9.30. The summed E-state index contributed by atoms with van der Waals surface area (Å²) in [5, 5.41) is 10.5. The van der Waals surface area contributed by atoms with E-state index >= 15 is 0 Å². The summed E-state index contributed by atoms with van der Waals surface area (Å²) in [4.78, 5) is 16.5. The maximum Gasteiger partial charge on any atom is 0.287 e. The molecule has 1 aliphatic heterocycles. The molecule has 2 heterocycles. The van der Waals surface area contributed by atoms with Gasteiger partial charge in [-0.15, -0.1) is 0 Å². The van der Waals surface area contributed by atoms with Crippen molar-refractivity contribution in [1.29, 1.82) is 0 Å². The van der Waals surface area contributed by atoms with E-state index in [1.54, 1.807) is 6.07 Å². The van der Waals surface area contributed by atoms with Crippen LogP contribution in [0.5, 0.6) is 0 Å². The standard InChI is InChI=1S/C11H15N3O2/c1-9-4-2-3-7-13(9)11-6-5-10(8-12-11)14(15)16/h5-6,8-9H,2-4,7H2,1H3. The SMILES string of the molecule is CC1CCCCN1c1ccc([N+](=O)[O-])cn1. The predicted molar refractivity (Wildman–Crippen MR) is 61.6 cm³/mol. The average molecular weight is 221 g/mol. The van der Waals surface area contributed by atoms with Crippen molar-refractivity contribution < 1.29 is 4.92 Å². The Morgan fingerprint density at radius 3 is 2.88 bits per heavy atom. The molecular formula is C11H15N3O2. The lowest BCUT2D eigenvalue weighted by atomic mass is 10.0. The molecule has 86 valence electrons. The summed E-state index contributed by atoms with van der Waals surface area (Å²) >= 11 is 0. The van der Waals surface area contributed by atoms with Gasteiger partial charge in [0.15, 0.2) is 0 Å². The van der Waals surface area contributed by atoms with E-state index in [1.165, 1.54) is 31.5 Å². The summed E-state index contributed by atoms with van der Waals surface area (Å²) in [6.07, 6.45) is 4.92. The fourth-order valence-electron chi connectivity index (χ4n) is 2.09. The fourth-order valence-corrected chi connectivity index (χ4v) is 2.09.